The van der Waals surface area contributed by atoms with E-state index in [9.17, 15) is 0 Å². The standard InChI is InChI=1S/C10H12N6S/c1-16-6-14-15-8(16)5-13-10-7(9(11)17)3-2-4-12-10/h2-4,6H,5H2,1H3,(H2,11,17)(H,12,13). The average Bonchev–Trinajstić information content (AvgIpc) is 2.72. The molecule has 17 heavy (non-hydrogen) atoms. The summed E-state index contributed by atoms with van der Waals surface area (Å²) in [7, 11) is 1.88. The topological polar surface area (TPSA) is 81.7 Å². The number of rotatable bonds is 4. The van der Waals surface area contributed by atoms with Crippen molar-refractivity contribution in [2.24, 2.45) is 12.8 Å². The highest BCUT2D eigenvalue weighted by atomic mass is 32.1. The number of nitrogens with one attached hydrogen (secondary N) is 1. The van der Waals surface area contributed by atoms with E-state index in [1.807, 2.05) is 17.7 Å². The lowest BCUT2D eigenvalue weighted by Gasteiger charge is -2.08. The molecule has 0 radical (unpaired) electrons. The van der Waals surface area contributed by atoms with Gasteiger partial charge in [0.2, 0.25) is 0 Å². The quantitative estimate of drug-likeness (QED) is 0.765. The van der Waals surface area contributed by atoms with E-state index >= 15 is 0 Å². The summed E-state index contributed by atoms with van der Waals surface area (Å²) in [5.41, 5.74) is 6.34. The van der Waals surface area contributed by atoms with Crippen LogP contribution >= 0.6 is 12.2 Å². The monoisotopic (exact) mass is 248 g/mol. The molecule has 88 valence electrons. The Bertz CT molecular complexity index is 535. The Hall–Kier alpha value is -2.02. The Labute approximate surface area is 104 Å². The first-order valence-corrected chi connectivity index (χ1v) is 5.41. The molecule has 0 unspecified atom stereocenters. The molecule has 0 aliphatic heterocycles. The minimum Gasteiger partial charge on any atom is -0.389 e. The summed E-state index contributed by atoms with van der Waals surface area (Å²) in [5, 5.41) is 10.9. The minimum atomic E-state index is 0.318. The Morgan fingerprint density at radius 1 is 1.59 bits per heavy atom. The van der Waals surface area contributed by atoms with Gasteiger partial charge in [-0.3, -0.25) is 0 Å². The fourth-order valence-electron chi connectivity index (χ4n) is 1.37. The van der Waals surface area contributed by atoms with Gasteiger partial charge in [0.15, 0.2) is 5.82 Å². The van der Waals surface area contributed by atoms with Crippen LogP contribution in [0.25, 0.3) is 0 Å². The van der Waals surface area contributed by atoms with E-state index in [0.29, 0.717) is 17.4 Å². The maximum Gasteiger partial charge on any atom is 0.151 e. The number of nitrogens with zero attached hydrogens (tertiary/aromatic N) is 4. The van der Waals surface area contributed by atoms with Gasteiger partial charge in [-0.2, -0.15) is 0 Å². The highest BCUT2D eigenvalue weighted by molar-refractivity contribution is 7.80. The summed E-state index contributed by atoms with van der Waals surface area (Å²) in [6, 6.07) is 3.62. The fraction of sp³-hybridized carbons (Fsp3) is 0.200. The summed E-state index contributed by atoms with van der Waals surface area (Å²) in [6.45, 7) is 0.517. The molecule has 7 heteroatoms. The first kappa shape index (κ1) is 11.5. The minimum absolute atomic E-state index is 0.318. The molecule has 0 aliphatic carbocycles. The van der Waals surface area contributed by atoms with Gasteiger partial charge in [-0.15, -0.1) is 10.2 Å². The molecule has 2 heterocycles. The van der Waals surface area contributed by atoms with Gasteiger partial charge in [-0.05, 0) is 12.1 Å². The second-order valence-corrected chi connectivity index (χ2v) is 3.92. The Morgan fingerprint density at radius 3 is 3.06 bits per heavy atom. The third-order valence-corrected chi connectivity index (χ3v) is 2.51. The average molecular weight is 248 g/mol. The highest BCUT2D eigenvalue weighted by Crippen LogP contribution is 2.11. The lowest BCUT2D eigenvalue weighted by atomic mass is 10.2. The van der Waals surface area contributed by atoms with E-state index in [-0.39, 0.29) is 0 Å². The van der Waals surface area contributed by atoms with Crippen molar-refractivity contribution in [3.63, 3.8) is 0 Å². The molecule has 0 amide bonds. The zero-order valence-electron chi connectivity index (χ0n) is 9.29. The normalized spacial score (nSPS) is 10.2. The molecule has 3 N–H and O–H groups in total. The van der Waals surface area contributed by atoms with E-state index in [2.05, 4.69) is 20.5 Å². The van der Waals surface area contributed by atoms with Gasteiger partial charge < -0.3 is 15.6 Å². The molecule has 0 bridgehead atoms. The summed E-state index contributed by atoms with van der Waals surface area (Å²) in [4.78, 5) is 4.51. The Morgan fingerprint density at radius 2 is 2.41 bits per heavy atom. The molecular weight excluding hydrogens is 236 g/mol. The van der Waals surface area contributed by atoms with Crippen molar-refractivity contribution in [2.75, 3.05) is 5.32 Å². The first-order valence-electron chi connectivity index (χ1n) is 5.00. The van der Waals surface area contributed by atoms with Crippen LogP contribution in [0.15, 0.2) is 24.7 Å². The molecule has 2 aromatic heterocycles. The molecule has 2 aromatic rings. The summed E-state index contributed by atoms with van der Waals surface area (Å²) < 4.78 is 1.83. The number of aryl methyl sites for hydroxylation is 1. The third-order valence-electron chi connectivity index (χ3n) is 2.29. The van der Waals surface area contributed by atoms with E-state index in [4.69, 9.17) is 18.0 Å². The van der Waals surface area contributed by atoms with Crippen LogP contribution < -0.4 is 11.1 Å². The van der Waals surface area contributed by atoms with E-state index in [0.717, 1.165) is 11.4 Å². The van der Waals surface area contributed by atoms with Crippen molar-refractivity contribution in [1.82, 2.24) is 19.7 Å². The van der Waals surface area contributed by atoms with Gasteiger partial charge in [0.05, 0.1) is 12.1 Å². The largest absolute Gasteiger partial charge is 0.389 e. The second kappa shape index (κ2) is 4.88. The van der Waals surface area contributed by atoms with Crippen molar-refractivity contribution < 1.29 is 0 Å². The molecule has 0 fully saturated rings. The van der Waals surface area contributed by atoms with Gasteiger partial charge in [0, 0.05) is 13.2 Å². The highest BCUT2D eigenvalue weighted by Gasteiger charge is 2.06. The molecule has 0 saturated heterocycles. The van der Waals surface area contributed by atoms with Crippen LogP contribution in [0, 0.1) is 0 Å². The van der Waals surface area contributed by atoms with Gasteiger partial charge in [-0.1, -0.05) is 12.2 Å². The van der Waals surface area contributed by atoms with Gasteiger partial charge in [0.25, 0.3) is 0 Å². The van der Waals surface area contributed by atoms with Crippen LogP contribution in [0.3, 0.4) is 0 Å². The number of aromatic nitrogens is 4. The summed E-state index contributed by atoms with van der Waals surface area (Å²) in [5.74, 6) is 1.47. The van der Waals surface area contributed by atoms with Gasteiger partial charge in [-0.25, -0.2) is 4.98 Å². The van der Waals surface area contributed by atoms with Crippen LogP contribution in [0.1, 0.15) is 11.4 Å². The molecule has 2 rings (SSSR count). The predicted molar refractivity (Wildman–Crippen MR) is 68.5 cm³/mol. The number of anilines is 1. The van der Waals surface area contributed by atoms with Crippen molar-refractivity contribution >= 4 is 23.0 Å². The van der Waals surface area contributed by atoms with Crippen molar-refractivity contribution in [2.45, 2.75) is 6.54 Å². The first-order chi connectivity index (χ1) is 8.18. The summed E-state index contributed by atoms with van der Waals surface area (Å²) >= 11 is 4.95. The lowest BCUT2D eigenvalue weighted by Crippen LogP contribution is -2.15. The van der Waals surface area contributed by atoms with Gasteiger partial charge >= 0.3 is 0 Å². The molecule has 0 spiro atoms. The third kappa shape index (κ3) is 2.56. The maximum atomic E-state index is 5.61. The van der Waals surface area contributed by atoms with Crippen molar-refractivity contribution in [1.29, 1.82) is 0 Å². The van der Waals surface area contributed by atoms with Crippen LogP contribution in [0.5, 0.6) is 0 Å². The lowest BCUT2D eigenvalue weighted by molar-refractivity contribution is 0.810. The molecule has 6 nitrogen and oxygen atoms in total. The number of nitrogens with two attached hydrogens (primary N) is 1. The molecule has 0 atom stereocenters. The van der Waals surface area contributed by atoms with Crippen LogP contribution in [-0.2, 0) is 13.6 Å². The molecule has 0 saturated carbocycles. The van der Waals surface area contributed by atoms with E-state index in [1.165, 1.54) is 0 Å². The van der Waals surface area contributed by atoms with E-state index in [1.54, 1.807) is 18.6 Å². The van der Waals surface area contributed by atoms with Crippen molar-refractivity contribution in [3.8, 4) is 0 Å². The van der Waals surface area contributed by atoms with Crippen molar-refractivity contribution in [3.05, 3.63) is 36.0 Å². The molecular formula is C10H12N6S. The van der Waals surface area contributed by atoms with Crippen LogP contribution in [0.4, 0.5) is 5.82 Å². The fourth-order valence-corrected chi connectivity index (χ4v) is 1.54. The molecule has 0 aromatic carbocycles. The predicted octanol–water partition coefficient (Wildman–Crippen LogP) is 0.456. The smallest absolute Gasteiger partial charge is 0.151 e. The van der Waals surface area contributed by atoms with Crippen LogP contribution in [0.2, 0.25) is 0 Å². The number of thiocarbonyl (C=S) groups is 1. The number of hydrogen-bond donors (Lipinski definition) is 2. The zero-order chi connectivity index (χ0) is 12.3. The number of pyridine rings is 1. The SMILES string of the molecule is Cn1cnnc1CNc1ncccc1C(N)=S. The van der Waals surface area contributed by atoms with Crippen LogP contribution in [-0.4, -0.2) is 24.7 Å². The molecule has 0 aliphatic rings. The maximum absolute atomic E-state index is 5.61. The Balaban J connectivity index is 2.14. The van der Waals surface area contributed by atoms with Gasteiger partial charge in [0.1, 0.15) is 17.1 Å². The Kier molecular flexibility index (Phi) is 3.29. The summed E-state index contributed by atoms with van der Waals surface area (Å²) in [6.07, 6.45) is 3.32. The number of hydrogen-bond acceptors (Lipinski definition) is 5. The zero-order valence-corrected chi connectivity index (χ0v) is 10.1. The second-order valence-electron chi connectivity index (χ2n) is 3.48. The van der Waals surface area contributed by atoms with E-state index < -0.39 is 0 Å².